The highest BCUT2D eigenvalue weighted by Gasteiger charge is 2.18. The van der Waals surface area contributed by atoms with E-state index in [2.05, 4.69) is 6.08 Å². The van der Waals surface area contributed by atoms with E-state index in [0.29, 0.717) is 19.8 Å². The van der Waals surface area contributed by atoms with Crippen LogP contribution in [-0.4, -0.2) is 25.8 Å². The highest BCUT2D eigenvalue weighted by Crippen LogP contribution is 2.17. The summed E-state index contributed by atoms with van der Waals surface area (Å²) in [5.41, 5.74) is 0. The zero-order valence-corrected chi connectivity index (χ0v) is 8.70. The third-order valence-electron chi connectivity index (χ3n) is 2.23. The number of hydrogen-bond acceptors (Lipinski definition) is 3. The van der Waals surface area contributed by atoms with Crippen molar-refractivity contribution >= 4 is 5.97 Å². The molecule has 0 saturated heterocycles. The van der Waals surface area contributed by atoms with Gasteiger partial charge in [-0.2, -0.15) is 0 Å². The first kappa shape index (κ1) is 11.2. The van der Waals surface area contributed by atoms with Crippen LogP contribution in [0.3, 0.4) is 0 Å². The Bertz CT molecular complexity index is 199. The quantitative estimate of drug-likeness (QED) is 0.384. The fourth-order valence-electron chi connectivity index (χ4n) is 1.46. The number of allylic oxidation sites excluding steroid dienone is 1. The third kappa shape index (κ3) is 3.92. The van der Waals surface area contributed by atoms with E-state index in [-0.39, 0.29) is 11.9 Å². The van der Waals surface area contributed by atoms with Crippen molar-refractivity contribution in [1.82, 2.24) is 0 Å². The fraction of sp³-hybridized carbons (Fsp3) is 0.727. The van der Waals surface area contributed by atoms with Crippen LogP contribution in [0.5, 0.6) is 0 Å². The minimum Gasteiger partial charge on any atom is -0.463 e. The minimum atomic E-state index is -0.111. The number of esters is 1. The third-order valence-corrected chi connectivity index (χ3v) is 2.23. The summed E-state index contributed by atoms with van der Waals surface area (Å²) in [6, 6.07) is 0. The van der Waals surface area contributed by atoms with Crippen LogP contribution in [0.1, 0.15) is 26.2 Å². The summed E-state index contributed by atoms with van der Waals surface area (Å²) in [5.74, 6) is -0.133. The van der Waals surface area contributed by atoms with Gasteiger partial charge in [-0.05, 0) is 26.2 Å². The molecule has 80 valence electrons. The molecule has 1 rings (SSSR count). The number of rotatable bonds is 5. The van der Waals surface area contributed by atoms with Gasteiger partial charge in [-0.3, -0.25) is 4.79 Å². The van der Waals surface area contributed by atoms with E-state index in [4.69, 9.17) is 9.47 Å². The molecule has 1 aliphatic rings. The molecule has 0 N–H and O–H groups in total. The van der Waals surface area contributed by atoms with Gasteiger partial charge in [-0.15, -0.1) is 0 Å². The molecule has 0 radical (unpaired) electrons. The molecule has 0 spiro atoms. The molecule has 0 fully saturated rings. The van der Waals surface area contributed by atoms with E-state index in [1.165, 1.54) is 0 Å². The van der Waals surface area contributed by atoms with Gasteiger partial charge in [-0.25, -0.2) is 0 Å². The van der Waals surface area contributed by atoms with Crippen LogP contribution in [0, 0.1) is 5.92 Å². The molecule has 14 heavy (non-hydrogen) atoms. The van der Waals surface area contributed by atoms with Crippen molar-refractivity contribution in [2.75, 3.05) is 19.8 Å². The Balaban J connectivity index is 2.14. The SMILES string of the molecule is CCOCCOC(=O)C1C=CCCC1. The number of carbonyl (C=O) groups is 1. The molecular weight excluding hydrogens is 180 g/mol. The van der Waals surface area contributed by atoms with Crippen LogP contribution in [0.25, 0.3) is 0 Å². The molecule has 0 amide bonds. The van der Waals surface area contributed by atoms with Gasteiger partial charge in [0.2, 0.25) is 0 Å². The molecule has 0 aromatic heterocycles. The highest BCUT2D eigenvalue weighted by molar-refractivity contribution is 5.74. The Morgan fingerprint density at radius 3 is 3.00 bits per heavy atom. The van der Waals surface area contributed by atoms with Crippen LogP contribution in [0.4, 0.5) is 0 Å². The predicted octanol–water partition coefficient (Wildman–Crippen LogP) is 1.92. The minimum absolute atomic E-state index is 0.0228. The van der Waals surface area contributed by atoms with Crippen LogP contribution in [-0.2, 0) is 14.3 Å². The normalized spacial score (nSPS) is 20.8. The standard InChI is InChI=1S/C11H18O3/c1-2-13-8-9-14-11(12)10-6-4-3-5-7-10/h4,6,10H,2-3,5,7-9H2,1H3. The van der Waals surface area contributed by atoms with E-state index < -0.39 is 0 Å². The monoisotopic (exact) mass is 198 g/mol. The maximum Gasteiger partial charge on any atom is 0.312 e. The first-order chi connectivity index (χ1) is 6.84. The lowest BCUT2D eigenvalue weighted by Crippen LogP contribution is -2.19. The second-order valence-electron chi connectivity index (χ2n) is 3.33. The topological polar surface area (TPSA) is 35.5 Å². The molecule has 0 saturated carbocycles. The molecule has 3 nitrogen and oxygen atoms in total. The summed E-state index contributed by atoms with van der Waals surface area (Å²) in [6.07, 6.45) is 7.10. The molecule has 0 aromatic rings. The molecular formula is C11H18O3. The summed E-state index contributed by atoms with van der Waals surface area (Å²) in [7, 11) is 0. The van der Waals surface area contributed by atoms with Crippen molar-refractivity contribution in [2.24, 2.45) is 5.92 Å². The Morgan fingerprint density at radius 2 is 2.36 bits per heavy atom. The van der Waals surface area contributed by atoms with Crippen molar-refractivity contribution in [3.63, 3.8) is 0 Å². The molecule has 1 atom stereocenters. The second kappa shape index (κ2) is 6.60. The molecule has 1 unspecified atom stereocenters. The number of hydrogen-bond donors (Lipinski definition) is 0. The second-order valence-corrected chi connectivity index (χ2v) is 3.33. The van der Waals surface area contributed by atoms with Crippen molar-refractivity contribution in [1.29, 1.82) is 0 Å². The van der Waals surface area contributed by atoms with Crippen molar-refractivity contribution < 1.29 is 14.3 Å². The highest BCUT2D eigenvalue weighted by atomic mass is 16.6. The summed E-state index contributed by atoms with van der Waals surface area (Å²) in [5, 5.41) is 0. The lowest BCUT2D eigenvalue weighted by molar-refractivity contribution is -0.148. The number of ether oxygens (including phenoxy) is 2. The van der Waals surface area contributed by atoms with Gasteiger partial charge in [0.1, 0.15) is 6.61 Å². The average Bonchev–Trinajstić information content (AvgIpc) is 2.25. The smallest absolute Gasteiger partial charge is 0.312 e. The molecule has 1 aliphatic carbocycles. The van der Waals surface area contributed by atoms with E-state index >= 15 is 0 Å². The largest absolute Gasteiger partial charge is 0.463 e. The Labute approximate surface area is 85.1 Å². The van der Waals surface area contributed by atoms with Gasteiger partial charge in [0.25, 0.3) is 0 Å². The predicted molar refractivity (Wildman–Crippen MR) is 53.9 cm³/mol. The first-order valence-corrected chi connectivity index (χ1v) is 5.25. The van der Waals surface area contributed by atoms with Gasteiger partial charge in [0.15, 0.2) is 0 Å². The first-order valence-electron chi connectivity index (χ1n) is 5.25. The maximum atomic E-state index is 11.4. The zero-order valence-electron chi connectivity index (χ0n) is 8.70. The van der Waals surface area contributed by atoms with Crippen LogP contribution < -0.4 is 0 Å². The van der Waals surface area contributed by atoms with Crippen molar-refractivity contribution in [3.05, 3.63) is 12.2 Å². The fourth-order valence-corrected chi connectivity index (χ4v) is 1.46. The van der Waals surface area contributed by atoms with E-state index in [1.807, 2.05) is 13.0 Å². The Morgan fingerprint density at radius 1 is 1.50 bits per heavy atom. The summed E-state index contributed by atoms with van der Waals surface area (Å²) in [4.78, 5) is 11.4. The van der Waals surface area contributed by atoms with Gasteiger partial charge in [-0.1, -0.05) is 12.2 Å². The van der Waals surface area contributed by atoms with E-state index in [0.717, 1.165) is 19.3 Å². The van der Waals surface area contributed by atoms with Crippen LogP contribution in [0.2, 0.25) is 0 Å². The lowest BCUT2D eigenvalue weighted by atomic mass is 9.96. The summed E-state index contributed by atoms with van der Waals surface area (Å²) in [6.45, 7) is 3.46. The maximum absolute atomic E-state index is 11.4. The van der Waals surface area contributed by atoms with Gasteiger partial charge < -0.3 is 9.47 Å². The number of carbonyl (C=O) groups excluding carboxylic acids is 1. The molecule has 0 aliphatic heterocycles. The van der Waals surface area contributed by atoms with Crippen molar-refractivity contribution in [2.45, 2.75) is 26.2 Å². The average molecular weight is 198 g/mol. The molecule has 0 aromatic carbocycles. The lowest BCUT2D eigenvalue weighted by Gasteiger charge is -2.14. The Kier molecular flexibility index (Phi) is 5.30. The van der Waals surface area contributed by atoms with E-state index in [1.54, 1.807) is 0 Å². The molecule has 0 bridgehead atoms. The Hall–Kier alpha value is -0.830. The van der Waals surface area contributed by atoms with Crippen molar-refractivity contribution in [3.8, 4) is 0 Å². The van der Waals surface area contributed by atoms with Crippen LogP contribution >= 0.6 is 0 Å². The van der Waals surface area contributed by atoms with Gasteiger partial charge >= 0.3 is 5.97 Å². The van der Waals surface area contributed by atoms with Gasteiger partial charge in [0.05, 0.1) is 12.5 Å². The molecule has 3 heteroatoms. The van der Waals surface area contributed by atoms with E-state index in [9.17, 15) is 4.79 Å². The summed E-state index contributed by atoms with van der Waals surface area (Å²) >= 11 is 0. The zero-order chi connectivity index (χ0) is 10.2. The summed E-state index contributed by atoms with van der Waals surface area (Å²) < 4.78 is 10.1. The van der Waals surface area contributed by atoms with Crippen LogP contribution in [0.15, 0.2) is 12.2 Å². The molecule has 0 heterocycles. The van der Waals surface area contributed by atoms with Gasteiger partial charge in [0, 0.05) is 6.61 Å².